The Kier molecular flexibility index (Phi) is 6.64. The molecule has 0 bridgehead atoms. The van der Waals surface area contributed by atoms with Gasteiger partial charge in [0, 0.05) is 17.0 Å². The van der Waals surface area contributed by atoms with Gasteiger partial charge in [-0.1, -0.05) is 28.1 Å². The summed E-state index contributed by atoms with van der Waals surface area (Å²) in [5.41, 5.74) is 1.01. The van der Waals surface area contributed by atoms with Gasteiger partial charge in [0.25, 0.3) is 0 Å². The highest BCUT2D eigenvalue weighted by Crippen LogP contribution is 2.13. The molecule has 7 heteroatoms. The van der Waals surface area contributed by atoms with Crippen molar-refractivity contribution in [3.05, 3.63) is 69.7 Å². The van der Waals surface area contributed by atoms with Gasteiger partial charge in [0.05, 0.1) is 13.5 Å². The van der Waals surface area contributed by atoms with Crippen LogP contribution in [0.5, 0.6) is 0 Å². The first-order chi connectivity index (χ1) is 11.9. The Balaban J connectivity index is 2.06. The molecular formula is C18H16BrF2NO3. The first kappa shape index (κ1) is 19.1. The van der Waals surface area contributed by atoms with E-state index >= 15 is 0 Å². The van der Waals surface area contributed by atoms with Crippen molar-refractivity contribution in [2.45, 2.75) is 18.9 Å². The average Bonchev–Trinajstić information content (AvgIpc) is 2.54. The molecule has 0 saturated carbocycles. The van der Waals surface area contributed by atoms with Crippen LogP contribution in [-0.4, -0.2) is 25.0 Å². The third kappa shape index (κ3) is 5.94. The van der Waals surface area contributed by atoms with E-state index in [0.717, 1.165) is 28.2 Å². The fraction of sp³-hybridized carbons (Fsp3) is 0.222. The number of benzene rings is 2. The quantitative estimate of drug-likeness (QED) is 0.742. The van der Waals surface area contributed by atoms with Gasteiger partial charge in [-0.2, -0.15) is 0 Å². The normalized spacial score (nSPS) is 11.7. The Labute approximate surface area is 152 Å². The molecule has 0 aliphatic carbocycles. The van der Waals surface area contributed by atoms with E-state index in [9.17, 15) is 18.4 Å². The smallest absolute Gasteiger partial charge is 0.328 e. The lowest BCUT2D eigenvalue weighted by Gasteiger charge is -2.17. The summed E-state index contributed by atoms with van der Waals surface area (Å²) in [7, 11) is 1.23. The van der Waals surface area contributed by atoms with Crippen molar-refractivity contribution in [3.63, 3.8) is 0 Å². The third-order valence-corrected chi connectivity index (χ3v) is 3.99. The molecular weight excluding hydrogens is 396 g/mol. The number of nitrogens with one attached hydrogen (secondary N) is 1. The van der Waals surface area contributed by atoms with Gasteiger partial charge >= 0.3 is 5.97 Å². The van der Waals surface area contributed by atoms with E-state index in [2.05, 4.69) is 21.2 Å². The summed E-state index contributed by atoms with van der Waals surface area (Å²) in [4.78, 5) is 24.1. The number of esters is 1. The van der Waals surface area contributed by atoms with Crippen molar-refractivity contribution in [1.29, 1.82) is 0 Å². The summed E-state index contributed by atoms with van der Waals surface area (Å²) in [5, 5.41) is 2.55. The van der Waals surface area contributed by atoms with E-state index in [1.807, 2.05) is 24.3 Å². The van der Waals surface area contributed by atoms with Crippen LogP contribution in [0, 0.1) is 11.6 Å². The predicted octanol–water partition coefficient (Wildman–Crippen LogP) is 3.17. The number of hydrogen-bond donors (Lipinski definition) is 1. The minimum absolute atomic E-state index is 0.183. The Morgan fingerprint density at radius 2 is 1.68 bits per heavy atom. The first-order valence-electron chi connectivity index (χ1n) is 7.44. The number of ether oxygens (including phenoxy) is 1. The number of hydrogen-bond acceptors (Lipinski definition) is 3. The van der Waals surface area contributed by atoms with E-state index < -0.39 is 29.6 Å². The highest BCUT2D eigenvalue weighted by atomic mass is 79.9. The summed E-state index contributed by atoms with van der Waals surface area (Å²) >= 11 is 3.32. The zero-order valence-corrected chi connectivity index (χ0v) is 15.0. The standard InChI is InChI=1S/C18H16BrF2NO3/c1-25-18(24)16(8-11-2-4-13(19)5-3-11)22-17(23)9-12-6-14(20)10-15(21)7-12/h2-7,10,16H,8-9H2,1H3,(H,22,23)/t16-/m0/s1. The van der Waals surface area contributed by atoms with E-state index in [1.165, 1.54) is 7.11 Å². The van der Waals surface area contributed by atoms with Gasteiger partial charge in [-0.15, -0.1) is 0 Å². The SMILES string of the molecule is COC(=O)[C@H](Cc1ccc(Br)cc1)NC(=O)Cc1cc(F)cc(F)c1. The molecule has 0 unspecified atom stereocenters. The maximum atomic E-state index is 13.2. The van der Waals surface area contributed by atoms with Gasteiger partial charge in [0.2, 0.25) is 5.91 Å². The summed E-state index contributed by atoms with van der Waals surface area (Å²) in [5.74, 6) is -2.65. The molecule has 1 amide bonds. The molecule has 2 rings (SSSR count). The Morgan fingerprint density at radius 3 is 2.24 bits per heavy atom. The fourth-order valence-electron chi connectivity index (χ4n) is 2.34. The second kappa shape index (κ2) is 8.71. The van der Waals surface area contributed by atoms with Crippen LogP contribution in [0.3, 0.4) is 0 Å². The minimum atomic E-state index is -0.892. The van der Waals surface area contributed by atoms with Crippen molar-refractivity contribution in [2.24, 2.45) is 0 Å². The Morgan fingerprint density at radius 1 is 1.08 bits per heavy atom. The number of halogens is 3. The van der Waals surface area contributed by atoms with Crippen molar-refractivity contribution in [1.82, 2.24) is 5.32 Å². The van der Waals surface area contributed by atoms with Crippen LogP contribution >= 0.6 is 15.9 Å². The lowest BCUT2D eigenvalue weighted by molar-refractivity contribution is -0.145. The molecule has 2 aromatic rings. The van der Waals surface area contributed by atoms with Crippen LogP contribution in [0.15, 0.2) is 46.9 Å². The largest absolute Gasteiger partial charge is 0.467 e. The van der Waals surface area contributed by atoms with Crippen LogP contribution < -0.4 is 5.32 Å². The van der Waals surface area contributed by atoms with Crippen molar-refractivity contribution >= 4 is 27.8 Å². The molecule has 0 aliphatic rings. The van der Waals surface area contributed by atoms with Gasteiger partial charge in [0.15, 0.2) is 0 Å². The molecule has 4 nitrogen and oxygen atoms in total. The number of rotatable bonds is 6. The van der Waals surface area contributed by atoms with Gasteiger partial charge in [-0.05, 0) is 35.4 Å². The summed E-state index contributed by atoms with van der Waals surface area (Å²) < 4.78 is 32.0. The molecule has 25 heavy (non-hydrogen) atoms. The fourth-order valence-corrected chi connectivity index (χ4v) is 2.60. The molecule has 1 N–H and O–H groups in total. The number of carbonyl (C=O) groups excluding carboxylic acids is 2. The lowest BCUT2D eigenvalue weighted by Crippen LogP contribution is -2.43. The third-order valence-electron chi connectivity index (χ3n) is 3.46. The van der Waals surface area contributed by atoms with Crippen LogP contribution in [0.4, 0.5) is 8.78 Å². The van der Waals surface area contributed by atoms with Gasteiger partial charge < -0.3 is 10.1 Å². The zero-order chi connectivity index (χ0) is 18.4. The maximum Gasteiger partial charge on any atom is 0.328 e. The molecule has 1 atom stereocenters. The summed E-state index contributed by atoms with van der Waals surface area (Å²) in [6, 6.07) is 9.25. The topological polar surface area (TPSA) is 55.4 Å². The Bertz CT molecular complexity index is 745. The number of methoxy groups -OCH3 is 1. The van der Waals surface area contributed by atoms with Crippen LogP contribution in [0.25, 0.3) is 0 Å². The monoisotopic (exact) mass is 411 g/mol. The molecule has 0 fully saturated rings. The lowest BCUT2D eigenvalue weighted by atomic mass is 10.1. The minimum Gasteiger partial charge on any atom is -0.467 e. The van der Waals surface area contributed by atoms with Crippen molar-refractivity contribution < 1.29 is 23.1 Å². The molecule has 0 saturated heterocycles. The zero-order valence-electron chi connectivity index (χ0n) is 13.4. The van der Waals surface area contributed by atoms with Gasteiger partial charge in [-0.3, -0.25) is 4.79 Å². The van der Waals surface area contributed by atoms with E-state index in [4.69, 9.17) is 4.74 Å². The van der Waals surface area contributed by atoms with Crippen LogP contribution in [0.2, 0.25) is 0 Å². The van der Waals surface area contributed by atoms with E-state index in [1.54, 1.807) is 0 Å². The molecule has 0 aromatic heterocycles. The second-order valence-electron chi connectivity index (χ2n) is 5.43. The van der Waals surface area contributed by atoms with E-state index in [-0.39, 0.29) is 18.4 Å². The highest BCUT2D eigenvalue weighted by molar-refractivity contribution is 9.10. The second-order valence-corrected chi connectivity index (χ2v) is 6.34. The summed E-state index contributed by atoms with van der Waals surface area (Å²) in [6.07, 6.45) is -0.00822. The van der Waals surface area contributed by atoms with Crippen molar-refractivity contribution in [2.75, 3.05) is 7.11 Å². The first-order valence-corrected chi connectivity index (χ1v) is 8.23. The van der Waals surface area contributed by atoms with E-state index in [0.29, 0.717) is 0 Å². The molecule has 2 aromatic carbocycles. The molecule has 0 radical (unpaired) electrons. The Hall–Kier alpha value is -2.28. The van der Waals surface area contributed by atoms with Crippen LogP contribution in [-0.2, 0) is 27.2 Å². The van der Waals surface area contributed by atoms with Crippen molar-refractivity contribution in [3.8, 4) is 0 Å². The van der Waals surface area contributed by atoms with Gasteiger partial charge in [-0.25, -0.2) is 13.6 Å². The average molecular weight is 412 g/mol. The summed E-state index contributed by atoms with van der Waals surface area (Å²) in [6.45, 7) is 0. The van der Waals surface area contributed by atoms with Gasteiger partial charge in [0.1, 0.15) is 17.7 Å². The maximum absolute atomic E-state index is 13.2. The molecule has 0 heterocycles. The molecule has 0 aliphatic heterocycles. The number of carbonyl (C=O) groups is 2. The molecule has 132 valence electrons. The highest BCUT2D eigenvalue weighted by Gasteiger charge is 2.22. The molecule has 0 spiro atoms. The van der Waals surface area contributed by atoms with Crippen LogP contribution in [0.1, 0.15) is 11.1 Å². The number of amides is 1. The predicted molar refractivity (Wildman–Crippen MR) is 91.9 cm³/mol.